The molecule has 3 rings (SSSR count). The minimum absolute atomic E-state index is 0.0233. The van der Waals surface area contributed by atoms with Crippen LogP contribution in [0.3, 0.4) is 0 Å². The second-order valence-corrected chi connectivity index (χ2v) is 8.30. The van der Waals surface area contributed by atoms with Crippen molar-refractivity contribution >= 4 is 29.3 Å². The molecule has 1 unspecified atom stereocenters. The summed E-state index contributed by atoms with van der Waals surface area (Å²) in [6, 6.07) is 9.26. The highest BCUT2D eigenvalue weighted by atomic mass is 32.2. The number of amides is 2. The second kappa shape index (κ2) is 9.69. The van der Waals surface area contributed by atoms with Crippen LogP contribution in [0.1, 0.15) is 35.8 Å². The van der Waals surface area contributed by atoms with Crippen molar-refractivity contribution in [2.75, 3.05) is 19.0 Å². The highest BCUT2D eigenvalue weighted by molar-refractivity contribution is 8.00. The number of thioether (sulfide) groups is 1. The molecule has 1 atom stereocenters. The number of ether oxygens (including phenoxy) is 2. The molecule has 1 heterocycles. The molecule has 31 heavy (non-hydrogen) atoms. The smallest absolute Gasteiger partial charge is 0.283 e. The van der Waals surface area contributed by atoms with Crippen LogP contribution >= 0.6 is 11.8 Å². The third kappa shape index (κ3) is 5.46. The molecule has 3 N–H and O–H groups in total. The Morgan fingerprint density at radius 2 is 1.87 bits per heavy atom. The summed E-state index contributed by atoms with van der Waals surface area (Å²) >= 11 is 1.03. The molecule has 0 bridgehead atoms. The van der Waals surface area contributed by atoms with Crippen LogP contribution in [0.2, 0.25) is 0 Å². The van der Waals surface area contributed by atoms with Crippen molar-refractivity contribution in [3.8, 4) is 11.5 Å². The molecule has 2 aromatic rings. The maximum Gasteiger partial charge on any atom is 0.283 e. The first-order valence-electron chi connectivity index (χ1n) is 9.66. The predicted octanol–water partition coefficient (Wildman–Crippen LogP) is 3.07. The molecule has 0 radical (unpaired) electrons. The van der Waals surface area contributed by atoms with Crippen molar-refractivity contribution in [1.29, 1.82) is 0 Å². The Morgan fingerprint density at radius 3 is 2.52 bits per heavy atom. The third-order valence-electron chi connectivity index (χ3n) is 4.71. The van der Waals surface area contributed by atoms with Crippen LogP contribution in [-0.4, -0.2) is 35.7 Å². The fourth-order valence-electron chi connectivity index (χ4n) is 3.18. The first kappa shape index (κ1) is 22.4. The Bertz CT molecular complexity index is 1010. The van der Waals surface area contributed by atoms with Gasteiger partial charge in [-0.1, -0.05) is 19.9 Å². The lowest BCUT2D eigenvalue weighted by molar-refractivity contribution is -0.387. The van der Waals surface area contributed by atoms with Crippen molar-refractivity contribution in [3.63, 3.8) is 0 Å². The third-order valence-corrected chi connectivity index (χ3v) is 5.77. The number of rotatable bonds is 8. The van der Waals surface area contributed by atoms with Gasteiger partial charge in [0.1, 0.15) is 13.2 Å². The number of carbonyl (C=O) groups excluding carboxylic acids is 2. The van der Waals surface area contributed by atoms with E-state index in [1.807, 2.05) is 32.0 Å². The molecule has 164 valence electrons. The number of fused-ring (bicyclic) bond motifs is 1. The molecular formula is C21H23N3O6S. The van der Waals surface area contributed by atoms with E-state index in [0.717, 1.165) is 23.4 Å². The number of hydrogen-bond donors (Lipinski definition) is 2. The van der Waals surface area contributed by atoms with Crippen LogP contribution in [0.25, 0.3) is 0 Å². The number of hydrogen-bond acceptors (Lipinski definition) is 7. The van der Waals surface area contributed by atoms with E-state index in [4.69, 9.17) is 15.2 Å². The van der Waals surface area contributed by atoms with Crippen molar-refractivity contribution < 1.29 is 24.0 Å². The van der Waals surface area contributed by atoms with E-state index < -0.39 is 10.8 Å². The molecule has 2 amide bonds. The topological polar surface area (TPSA) is 134 Å². The van der Waals surface area contributed by atoms with Gasteiger partial charge in [0, 0.05) is 11.6 Å². The molecule has 0 saturated heterocycles. The molecule has 0 fully saturated rings. The van der Waals surface area contributed by atoms with Crippen molar-refractivity contribution in [1.82, 2.24) is 5.32 Å². The molecule has 0 saturated carbocycles. The highest BCUT2D eigenvalue weighted by Gasteiger charge is 2.23. The minimum atomic E-state index is -0.753. The zero-order valence-electron chi connectivity index (χ0n) is 17.1. The van der Waals surface area contributed by atoms with Crippen LogP contribution in [0.15, 0.2) is 41.3 Å². The standard InChI is InChI=1S/C21H23N3O6S/c1-12(2)20(13-3-5-16-17(10-13)30-8-7-29-16)23-19(25)11-31-18-6-4-14(21(22)26)9-15(18)24(27)28/h3-6,9-10,12,20H,7-8,11H2,1-2H3,(H2,22,26)(H,23,25). The molecule has 1 aliphatic rings. The molecule has 2 aromatic carbocycles. The van der Waals surface area contributed by atoms with Crippen molar-refractivity contribution in [3.05, 3.63) is 57.6 Å². The Kier molecular flexibility index (Phi) is 7.01. The van der Waals surface area contributed by atoms with Gasteiger partial charge in [-0.05, 0) is 35.7 Å². The molecule has 0 aromatic heterocycles. The van der Waals surface area contributed by atoms with Crippen LogP contribution in [-0.2, 0) is 4.79 Å². The summed E-state index contributed by atoms with van der Waals surface area (Å²) in [6.45, 7) is 4.95. The van der Waals surface area contributed by atoms with Crippen LogP contribution < -0.4 is 20.5 Å². The average Bonchev–Trinajstić information content (AvgIpc) is 2.75. The van der Waals surface area contributed by atoms with Crippen LogP contribution in [0.5, 0.6) is 11.5 Å². The van der Waals surface area contributed by atoms with Crippen molar-refractivity contribution in [2.24, 2.45) is 11.7 Å². The van der Waals surface area contributed by atoms with Gasteiger partial charge in [-0.15, -0.1) is 11.8 Å². The fourth-order valence-corrected chi connectivity index (χ4v) is 4.00. The number of nitro groups is 1. The maximum atomic E-state index is 12.6. The Hall–Kier alpha value is -3.27. The predicted molar refractivity (Wildman–Crippen MR) is 115 cm³/mol. The van der Waals surface area contributed by atoms with Crippen molar-refractivity contribution in [2.45, 2.75) is 24.8 Å². The van der Waals surface area contributed by atoms with E-state index in [1.54, 1.807) is 0 Å². The summed E-state index contributed by atoms with van der Waals surface area (Å²) in [5.41, 5.74) is 5.85. The summed E-state index contributed by atoms with van der Waals surface area (Å²) in [4.78, 5) is 34.9. The monoisotopic (exact) mass is 445 g/mol. The molecule has 0 spiro atoms. The summed E-state index contributed by atoms with van der Waals surface area (Å²) in [5, 5.41) is 14.3. The van der Waals surface area contributed by atoms with Gasteiger partial charge in [0.05, 0.1) is 21.6 Å². The van der Waals surface area contributed by atoms with Gasteiger partial charge in [-0.2, -0.15) is 0 Å². The molecule has 0 aliphatic carbocycles. The molecule has 10 heteroatoms. The summed E-state index contributed by atoms with van der Waals surface area (Å²) in [5.74, 6) is 0.364. The highest BCUT2D eigenvalue weighted by Crippen LogP contribution is 2.35. The minimum Gasteiger partial charge on any atom is -0.486 e. The van der Waals surface area contributed by atoms with E-state index in [9.17, 15) is 19.7 Å². The summed E-state index contributed by atoms with van der Waals surface area (Å²) in [6.07, 6.45) is 0. The number of nitrogens with two attached hydrogens (primary N) is 1. The Labute approximate surface area is 183 Å². The lowest BCUT2D eigenvalue weighted by atomic mass is 9.95. The zero-order chi connectivity index (χ0) is 22.5. The van der Waals surface area contributed by atoms with Gasteiger partial charge in [0.2, 0.25) is 11.8 Å². The molecule has 1 aliphatic heterocycles. The Balaban J connectivity index is 1.70. The van der Waals surface area contributed by atoms with Gasteiger partial charge in [0.25, 0.3) is 5.69 Å². The van der Waals surface area contributed by atoms with Gasteiger partial charge >= 0.3 is 0 Å². The number of nitro benzene ring substituents is 1. The lowest BCUT2D eigenvalue weighted by Gasteiger charge is -2.25. The van der Waals surface area contributed by atoms with E-state index in [2.05, 4.69) is 5.32 Å². The Morgan fingerprint density at radius 1 is 1.16 bits per heavy atom. The molecular weight excluding hydrogens is 422 g/mol. The SMILES string of the molecule is CC(C)C(NC(=O)CSc1ccc(C(N)=O)cc1[N+](=O)[O-])c1ccc2c(c1)OCCO2. The van der Waals surface area contributed by atoms with Gasteiger partial charge < -0.3 is 20.5 Å². The number of primary amides is 1. The van der Waals surface area contributed by atoms with Gasteiger partial charge in [-0.25, -0.2) is 0 Å². The fraction of sp³-hybridized carbons (Fsp3) is 0.333. The van der Waals surface area contributed by atoms with E-state index in [1.165, 1.54) is 12.1 Å². The number of nitrogens with zero attached hydrogens (tertiary/aromatic N) is 1. The normalized spacial score (nSPS) is 13.5. The maximum absolute atomic E-state index is 12.6. The second-order valence-electron chi connectivity index (χ2n) is 7.28. The first-order valence-corrected chi connectivity index (χ1v) is 10.6. The van der Waals surface area contributed by atoms with E-state index in [-0.39, 0.29) is 39.8 Å². The summed E-state index contributed by atoms with van der Waals surface area (Å²) in [7, 11) is 0. The largest absolute Gasteiger partial charge is 0.486 e. The van der Waals surface area contributed by atoms with Crippen LogP contribution in [0, 0.1) is 16.0 Å². The van der Waals surface area contributed by atoms with Crippen LogP contribution in [0.4, 0.5) is 5.69 Å². The lowest BCUT2D eigenvalue weighted by Crippen LogP contribution is -2.33. The average molecular weight is 445 g/mol. The molecule has 9 nitrogen and oxygen atoms in total. The first-order chi connectivity index (χ1) is 14.8. The zero-order valence-corrected chi connectivity index (χ0v) is 17.9. The van der Waals surface area contributed by atoms with Gasteiger partial charge in [-0.3, -0.25) is 19.7 Å². The number of carbonyl (C=O) groups is 2. The van der Waals surface area contributed by atoms with E-state index >= 15 is 0 Å². The van der Waals surface area contributed by atoms with E-state index in [0.29, 0.717) is 24.7 Å². The van der Waals surface area contributed by atoms with Gasteiger partial charge in [0.15, 0.2) is 11.5 Å². The summed E-state index contributed by atoms with van der Waals surface area (Å²) < 4.78 is 11.2. The quantitative estimate of drug-likeness (QED) is 0.362. The number of nitrogens with one attached hydrogen (secondary N) is 1. The number of benzene rings is 2.